The van der Waals surface area contributed by atoms with E-state index in [0.717, 1.165) is 17.8 Å². The van der Waals surface area contributed by atoms with Crippen LogP contribution in [0.5, 0.6) is 0 Å². The molecule has 1 aliphatic heterocycles. The first kappa shape index (κ1) is 18.6. The van der Waals surface area contributed by atoms with Crippen molar-refractivity contribution in [1.82, 2.24) is 14.5 Å². The van der Waals surface area contributed by atoms with Gasteiger partial charge in [0.15, 0.2) is 0 Å². The molecule has 1 aromatic carbocycles. The third-order valence-electron chi connectivity index (χ3n) is 4.43. The molecule has 26 heavy (non-hydrogen) atoms. The molecule has 7 nitrogen and oxygen atoms in total. The second kappa shape index (κ2) is 7.59. The van der Waals surface area contributed by atoms with Gasteiger partial charge in [-0.25, -0.2) is 13.1 Å². The van der Waals surface area contributed by atoms with E-state index in [1.54, 1.807) is 29.2 Å². The van der Waals surface area contributed by atoms with Gasteiger partial charge < -0.3 is 4.90 Å². The van der Waals surface area contributed by atoms with E-state index in [2.05, 4.69) is 9.82 Å². The van der Waals surface area contributed by atoms with Crippen molar-refractivity contribution < 1.29 is 13.2 Å². The highest BCUT2D eigenvalue weighted by atomic mass is 32.2. The number of sulfonamides is 1. The van der Waals surface area contributed by atoms with Gasteiger partial charge in [0, 0.05) is 37.9 Å². The van der Waals surface area contributed by atoms with Crippen molar-refractivity contribution in [2.75, 3.05) is 18.0 Å². The van der Waals surface area contributed by atoms with Crippen molar-refractivity contribution in [3.63, 3.8) is 0 Å². The van der Waals surface area contributed by atoms with Gasteiger partial charge in [0.05, 0.1) is 10.6 Å². The van der Waals surface area contributed by atoms with Crippen molar-refractivity contribution in [1.29, 1.82) is 0 Å². The number of benzene rings is 1. The Bertz CT molecular complexity index is 874. The molecule has 1 aromatic heterocycles. The fraction of sp³-hybridized carbons (Fsp3) is 0.444. The van der Waals surface area contributed by atoms with Crippen LogP contribution in [0.15, 0.2) is 41.4 Å². The monoisotopic (exact) mass is 376 g/mol. The molecule has 0 saturated carbocycles. The second-order valence-electron chi connectivity index (χ2n) is 6.78. The third-order valence-corrected chi connectivity index (χ3v) is 5.87. The van der Waals surface area contributed by atoms with E-state index >= 15 is 0 Å². The summed E-state index contributed by atoms with van der Waals surface area (Å²) in [6.07, 6.45) is 3.28. The first-order chi connectivity index (χ1) is 12.3. The number of nitrogens with one attached hydrogen (secondary N) is 1. The maximum Gasteiger partial charge on any atom is 0.240 e. The zero-order valence-corrected chi connectivity index (χ0v) is 15.9. The van der Waals surface area contributed by atoms with Crippen molar-refractivity contribution in [3.05, 3.63) is 42.2 Å². The lowest BCUT2D eigenvalue weighted by Gasteiger charge is -2.16. The summed E-state index contributed by atoms with van der Waals surface area (Å²) in [7, 11) is -3.58. The van der Waals surface area contributed by atoms with E-state index in [1.807, 2.05) is 30.8 Å². The highest BCUT2D eigenvalue weighted by Gasteiger charge is 2.22. The lowest BCUT2D eigenvalue weighted by atomic mass is 10.2. The first-order valence-electron chi connectivity index (χ1n) is 8.75. The Labute approximate surface area is 154 Å². The van der Waals surface area contributed by atoms with Crippen LogP contribution in [0.2, 0.25) is 0 Å². The highest BCUT2D eigenvalue weighted by Crippen LogP contribution is 2.23. The third kappa shape index (κ3) is 4.31. The minimum atomic E-state index is -3.58. The molecule has 0 spiro atoms. The number of nitrogens with zero attached hydrogens (tertiary/aromatic N) is 3. The molecule has 0 bridgehead atoms. The minimum Gasteiger partial charge on any atom is -0.312 e. The zero-order valence-electron chi connectivity index (χ0n) is 15.1. The molecule has 1 amide bonds. The fourth-order valence-electron chi connectivity index (χ4n) is 3.01. The summed E-state index contributed by atoms with van der Waals surface area (Å²) in [5.74, 6) is 0.187. The summed E-state index contributed by atoms with van der Waals surface area (Å²) < 4.78 is 29.4. The molecule has 0 aliphatic carbocycles. The second-order valence-corrected chi connectivity index (χ2v) is 8.55. The Balaban J connectivity index is 1.59. The van der Waals surface area contributed by atoms with Crippen molar-refractivity contribution in [3.8, 4) is 0 Å². The Morgan fingerprint density at radius 2 is 1.96 bits per heavy atom. The number of hydrogen-bond donors (Lipinski definition) is 1. The predicted octanol–water partition coefficient (Wildman–Crippen LogP) is 1.93. The van der Waals surface area contributed by atoms with Crippen molar-refractivity contribution in [2.45, 2.75) is 38.1 Å². The maximum atomic E-state index is 12.5. The van der Waals surface area contributed by atoms with Gasteiger partial charge in [0.1, 0.15) is 0 Å². The Hall–Kier alpha value is -2.19. The molecular weight excluding hydrogens is 352 g/mol. The van der Waals surface area contributed by atoms with Gasteiger partial charge in [0.2, 0.25) is 15.9 Å². The van der Waals surface area contributed by atoms with E-state index < -0.39 is 10.0 Å². The average molecular weight is 376 g/mol. The topological polar surface area (TPSA) is 84.3 Å². The molecule has 1 aliphatic rings. The molecule has 1 fully saturated rings. The molecule has 3 rings (SSSR count). The Kier molecular flexibility index (Phi) is 5.43. The van der Waals surface area contributed by atoms with Crippen LogP contribution >= 0.6 is 0 Å². The summed E-state index contributed by atoms with van der Waals surface area (Å²) in [6.45, 7) is 5.55. The SMILES string of the molecule is Cc1ccn(CC(C)CNS(=O)(=O)c2ccc(N3CCCC3=O)cc2)n1. The van der Waals surface area contributed by atoms with Crippen molar-refractivity contribution >= 4 is 21.6 Å². The first-order valence-corrected chi connectivity index (χ1v) is 10.2. The summed E-state index contributed by atoms with van der Waals surface area (Å²) in [5, 5.41) is 4.31. The van der Waals surface area contributed by atoms with Gasteiger partial charge in [-0.3, -0.25) is 9.48 Å². The van der Waals surface area contributed by atoms with E-state index in [-0.39, 0.29) is 16.7 Å². The molecule has 2 heterocycles. The van der Waals surface area contributed by atoms with Crippen LogP contribution in [-0.2, 0) is 21.4 Å². The van der Waals surface area contributed by atoms with Gasteiger partial charge >= 0.3 is 0 Å². The quantitative estimate of drug-likeness (QED) is 0.800. The molecule has 1 unspecified atom stereocenters. The van der Waals surface area contributed by atoms with Crippen LogP contribution in [-0.4, -0.2) is 37.2 Å². The number of hydrogen-bond acceptors (Lipinski definition) is 4. The Morgan fingerprint density at radius 3 is 2.54 bits per heavy atom. The number of aryl methyl sites for hydroxylation is 1. The van der Waals surface area contributed by atoms with Gasteiger partial charge in [-0.15, -0.1) is 0 Å². The van der Waals surface area contributed by atoms with Gasteiger partial charge in [-0.2, -0.15) is 5.10 Å². The van der Waals surface area contributed by atoms with E-state index in [4.69, 9.17) is 0 Å². The molecule has 2 aromatic rings. The van der Waals surface area contributed by atoms with Crippen LogP contribution in [0.4, 0.5) is 5.69 Å². The normalized spacial score (nSPS) is 16.2. The standard InChI is InChI=1S/C18H24N4O3S/c1-14(13-21-11-9-15(2)20-21)12-19-26(24,25)17-7-5-16(6-8-17)22-10-3-4-18(22)23/h5-9,11,14,19H,3-4,10,12-13H2,1-2H3. The molecule has 1 saturated heterocycles. The minimum absolute atomic E-state index is 0.0846. The van der Waals surface area contributed by atoms with E-state index in [0.29, 0.717) is 26.1 Å². The maximum absolute atomic E-state index is 12.5. The van der Waals surface area contributed by atoms with Gasteiger partial charge in [-0.05, 0) is 49.6 Å². The summed E-state index contributed by atoms with van der Waals surface area (Å²) in [5.41, 5.74) is 1.68. The molecule has 140 valence electrons. The van der Waals surface area contributed by atoms with Crippen LogP contribution in [0, 0.1) is 12.8 Å². The van der Waals surface area contributed by atoms with E-state index in [9.17, 15) is 13.2 Å². The summed E-state index contributed by atoms with van der Waals surface area (Å²) in [4.78, 5) is 13.7. The summed E-state index contributed by atoms with van der Waals surface area (Å²) in [6, 6.07) is 8.39. The van der Waals surface area contributed by atoms with Crippen LogP contribution in [0.1, 0.15) is 25.5 Å². The van der Waals surface area contributed by atoms with Gasteiger partial charge in [-0.1, -0.05) is 6.92 Å². The lowest BCUT2D eigenvalue weighted by molar-refractivity contribution is -0.117. The molecular formula is C18H24N4O3S. The predicted molar refractivity (Wildman–Crippen MR) is 99.3 cm³/mol. The van der Waals surface area contributed by atoms with Crippen molar-refractivity contribution in [2.24, 2.45) is 5.92 Å². The van der Waals surface area contributed by atoms with E-state index in [1.165, 1.54) is 0 Å². The average Bonchev–Trinajstić information content (AvgIpc) is 3.21. The van der Waals surface area contributed by atoms with Gasteiger partial charge in [0.25, 0.3) is 0 Å². The number of carbonyl (C=O) groups is 1. The number of anilines is 1. The Morgan fingerprint density at radius 1 is 1.23 bits per heavy atom. The number of aromatic nitrogens is 2. The van der Waals surface area contributed by atoms with Crippen LogP contribution in [0.3, 0.4) is 0 Å². The molecule has 8 heteroatoms. The fourth-order valence-corrected chi connectivity index (χ4v) is 4.18. The number of amides is 1. The zero-order chi connectivity index (χ0) is 18.7. The largest absolute Gasteiger partial charge is 0.312 e. The summed E-state index contributed by atoms with van der Waals surface area (Å²) >= 11 is 0. The molecule has 1 N–H and O–H groups in total. The lowest BCUT2D eigenvalue weighted by Crippen LogP contribution is -2.30. The molecule has 1 atom stereocenters. The number of carbonyl (C=O) groups excluding carboxylic acids is 1. The highest BCUT2D eigenvalue weighted by molar-refractivity contribution is 7.89. The van der Waals surface area contributed by atoms with Crippen LogP contribution < -0.4 is 9.62 Å². The number of rotatable bonds is 7. The van der Waals surface area contributed by atoms with Crippen LogP contribution in [0.25, 0.3) is 0 Å². The molecule has 0 radical (unpaired) electrons. The smallest absolute Gasteiger partial charge is 0.240 e.